The topological polar surface area (TPSA) is 96.3 Å². The Labute approximate surface area is 139 Å². The van der Waals surface area contributed by atoms with Crippen molar-refractivity contribution in [1.82, 2.24) is 19.9 Å². The third kappa shape index (κ3) is 3.56. The van der Waals surface area contributed by atoms with Gasteiger partial charge in [-0.05, 0) is 30.9 Å². The lowest BCUT2D eigenvalue weighted by Crippen LogP contribution is -2.26. The fraction of sp³-hybridized carbons (Fsp3) is 0.353. The van der Waals surface area contributed by atoms with Gasteiger partial charge in [-0.1, -0.05) is 0 Å². The number of carbonyl (C=O) groups is 2. The van der Waals surface area contributed by atoms with Crippen LogP contribution in [0.3, 0.4) is 0 Å². The average molecular weight is 326 g/mol. The maximum absolute atomic E-state index is 11.4. The van der Waals surface area contributed by atoms with Crippen LogP contribution in [0.1, 0.15) is 29.4 Å². The van der Waals surface area contributed by atoms with Crippen LogP contribution in [0, 0.1) is 5.92 Å². The summed E-state index contributed by atoms with van der Waals surface area (Å²) in [5.74, 6) is -0.522. The van der Waals surface area contributed by atoms with E-state index in [0.29, 0.717) is 17.2 Å². The summed E-state index contributed by atoms with van der Waals surface area (Å²) in [7, 11) is 0. The smallest absolute Gasteiger partial charge is 0.337 e. The number of nitrogens with zero attached hydrogens (tertiary/aromatic N) is 4. The Morgan fingerprint density at radius 3 is 2.83 bits per heavy atom. The second kappa shape index (κ2) is 6.74. The van der Waals surface area contributed by atoms with Gasteiger partial charge in [0.2, 0.25) is 5.91 Å². The highest BCUT2D eigenvalue weighted by molar-refractivity contribution is 5.88. The molecule has 0 saturated carbocycles. The minimum Gasteiger partial charge on any atom is -0.478 e. The lowest BCUT2D eigenvalue weighted by Gasteiger charge is -2.13. The zero-order valence-electron chi connectivity index (χ0n) is 13.3. The van der Waals surface area contributed by atoms with Gasteiger partial charge in [0, 0.05) is 43.7 Å². The van der Waals surface area contributed by atoms with Gasteiger partial charge in [0.15, 0.2) is 0 Å². The molecule has 1 aliphatic heterocycles. The summed E-state index contributed by atoms with van der Waals surface area (Å²) in [4.78, 5) is 36.8. The van der Waals surface area contributed by atoms with Crippen molar-refractivity contribution in [3.63, 3.8) is 0 Å². The van der Waals surface area contributed by atoms with Gasteiger partial charge >= 0.3 is 5.97 Å². The molecule has 1 N–H and O–H groups in total. The van der Waals surface area contributed by atoms with E-state index in [2.05, 4.69) is 15.0 Å². The molecule has 1 fully saturated rings. The van der Waals surface area contributed by atoms with E-state index in [1.54, 1.807) is 19.2 Å². The number of amides is 1. The van der Waals surface area contributed by atoms with E-state index in [4.69, 9.17) is 5.11 Å². The second-order valence-corrected chi connectivity index (χ2v) is 5.99. The van der Waals surface area contributed by atoms with Crippen molar-refractivity contribution in [3.05, 3.63) is 42.1 Å². The number of hydrogen-bond acceptors (Lipinski definition) is 5. The third-order valence-corrected chi connectivity index (χ3v) is 4.23. The number of aromatic nitrogens is 3. The van der Waals surface area contributed by atoms with Crippen LogP contribution in [0.25, 0.3) is 11.3 Å². The molecular formula is C17H18N4O3. The Balaban J connectivity index is 1.76. The largest absolute Gasteiger partial charge is 0.478 e. The van der Waals surface area contributed by atoms with Crippen LogP contribution in [-0.4, -0.2) is 49.9 Å². The van der Waals surface area contributed by atoms with Crippen LogP contribution in [0.5, 0.6) is 0 Å². The number of rotatable bonds is 4. The molecule has 2 aromatic heterocycles. The van der Waals surface area contributed by atoms with Crippen molar-refractivity contribution >= 4 is 11.9 Å². The summed E-state index contributed by atoms with van der Waals surface area (Å²) in [5.41, 5.74) is 2.31. The Morgan fingerprint density at radius 1 is 1.29 bits per heavy atom. The fourth-order valence-electron chi connectivity index (χ4n) is 2.95. The van der Waals surface area contributed by atoms with Crippen LogP contribution in [0.4, 0.5) is 0 Å². The molecule has 24 heavy (non-hydrogen) atoms. The van der Waals surface area contributed by atoms with Crippen molar-refractivity contribution in [1.29, 1.82) is 0 Å². The van der Waals surface area contributed by atoms with Gasteiger partial charge in [-0.15, -0.1) is 0 Å². The van der Waals surface area contributed by atoms with Crippen LogP contribution >= 0.6 is 0 Å². The van der Waals surface area contributed by atoms with Crippen molar-refractivity contribution < 1.29 is 14.7 Å². The maximum atomic E-state index is 11.4. The molecule has 2 aromatic rings. The normalized spacial score (nSPS) is 17.0. The molecule has 1 aliphatic rings. The number of carboxylic acids is 1. The average Bonchev–Trinajstić information content (AvgIpc) is 3.04. The van der Waals surface area contributed by atoms with E-state index in [1.165, 1.54) is 12.5 Å². The zero-order chi connectivity index (χ0) is 17.1. The number of carbonyl (C=O) groups excluding carboxylic acids is 1. The quantitative estimate of drug-likeness (QED) is 0.917. The zero-order valence-corrected chi connectivity index (χ0v) is 13.3. The first-order chi connectivity index (χ1) is 11.5. The van der Waals surface area contributed by atoms with Gasteiger partial charge in [-0.3, -0.25) is 9.78 Å². The Bertz CT molecular complexity index is 778. The van der Waals surface area contributed by atoms with Gasteiger partial charge in [-0.25, -0.2) is 14.8 Å². The van der Waals surface area contributed by atoms with E-state index >= 15 is 0 Å². The molecule has 0 unspecified atom stereocenters. The molecule has 0 spiro atoms. The van der Waals surface area contributed by atoms with E-state index < -0.39 is 5.97 Å². The molecule has 7 nitrogen and oxygen atoms in total. The van der Waals surface area contributed by atoms with Gasteiger partial charge in [-0.2, -0.15) is 0 Å². The standard InChI is InChI=1S/C17H18N4O3/c1-11(22)21-3-2-12(9-21)4-15-6-16(20-10-19-15)13-5-14(17(23)24)8-18-7-13/h5-8,10,12H,2-4,9H2,1H3,(H,23,24)/t12-/m0/s1. The number of pyridine rings is 1. The monoisotopic (exact) mass is 326 g/mol. The number of carboxylic acid groups (broad SMARTS) is 1. The molecule has 3 heterocycles. The molecule has 0 radical (unpaired) electrons. The van der Waals surface area contributed by atoms with E-state index in [0.717, 1.165) is 31.6 Å². The lowest BCUT2D eigenvalue weighted by molar-refractivity contribution is -0.127. The van der Waals surface area contributed by atoms with Gasteiger partial charge in [0.1, 0.15) is 6.33 Å². The molecule has 1 atom stereocenters. The SMILES string of the molecule is CC(=O)N1CC[C@@H](Cc2cc(-c3cncc(C(=O)O)c3)ncn2)C1. The van der Waals surface area contributed by atoms with Crippen molar-refractivity contribution in [2.75, 3.05) is 13.1 Å². The third-order valence-electron chi connectivity index (χ3n) is 4.23. The number of hydrogen-bond donors (Lipinski definition) is 1. The van der Waals surface area contributed by atoms with E-state index in [9.17, 15) is 9.59 Å². The van der Waals surface area contributed by atoms with Crippen LogP contribution in [-0.2, 0) is 11.2 Å². The van der Waals surface area contributed by atoms with E-state index in [1.807, 2.05) is 11.0 Å². The Hall–Kier alpha value is -2.83. The Kier molecular flexibility index (Phi) is 4.50. The van der Waals surface area contributed by atoms with E-state index in [-0.39, 0.29) is 11.5 Å². The summed E-state index contributed by atoms with van der Waals surface area (Å²) in [5, 5.41) is 9.07. The first-order valence-electron chi connectivity index (χ1n) is 7.78. The molecule has 7 heteroatoms. The highest BCUT2D eigenvalue weighted by atomic mass is 16.4. The molecular weight excluding hydrogens is 308 g/mol. The lowest BCUT2D eigenvalue weighted by atomic mass is 10.0. The maximum Gasteiger partial charge on any atom is 0.337 e. The minimum atomic E-state index is -1.02. The summed E-state index contributed by atoms with van der Waals surface area (Å²) in [6.45, 7) is 3.14. The molecule has 1 amide bonds. The highest BCUT2D eigenvalue weighted by Crippen LogP contribution is 2.22. The van der Waals surface area contributed by atoms with Gasteiger partial charge in [0.25, 0.3) is 0 Å². The number of aromatic carboxylic acids is 1. The predicted molar refractivity (Wildman–Crippen MR) is 86.3 cm³/mol. The second-order valence-electron chi connectivity index (χ2n) is 5.99. The molecule has 0 aliphatic carbocycles. The van der Waals surface area contributed by atoms with Gasteiger partial charge in [0.05, 0.1) is 11.3 Å². The van der Waals surface area contributed by atoms with Crippen LogP contribution in [0.2, 0.25) is 0 Å². The molecule has 0 bridgehead atoms. The van der Waals surface area contributed by atoms with Crippen LogP contribution < -0.4 is 0 Å². The van der Waals surface area contributed by atoms with Gasteiger partial charge < -0.3 is 10.0 Å². The first-order valence-corrected chi connectivity index (χ1v) is 7.78. The molecule has 3 rings (SSSR count). The van der Waals surface area contributed by atoms with Crippen molar-refractivity contribution in [2.24, 2.45) is 5.92 Å². The summed E-state index contributed by atoms with van der Waals surface area (Å²) >= 11 is 0. The van der Waals surface area contributed by atoms with Crippen molar-refractivity contribution in [2.45, 2.75) is 19.8 Å². The molecule has 0 aromatic carbocycles. The minimum absolute atomic E-state index is 0.109. The summed E-state index contributed by atoms with van der Waals surface area (Å²) < 4.78 is 0. The predicted octanol–water partition coefficient (Wildman–Crippen LogP) is 1.65. The van der Waals surface area contributed by atoms with Crippen LogP contribution in [0.15, 0.2) is 30.9 Å². The Morgan fingerprint density at radius 2 is 2.12 bits per heavy atom. The summed E-state index contributed by atoms with van der Waals surface area (Å²) in [6, 6.07) is 3.41. The summed E-state index contributed by atoms with van der Waals surface area (Å²) in [6.07, 6.45) is 6.12. The highest BCUT2D eigenvalue weighted by Gasteiger charge is 2.24. The fourth-order valence-corrected chi connectivity index (χ4v) is 2.95. The van der Waals surface area contributed by atoms with Crippen molar-refractivity contribution in [3.8, 4) is 11.3 Å². The molecule has 124 valence electrons. The molecule has 1 saturated heterocycles. The first kappa shape index (κ1) is 16.0. The number of likely N-dealkylation sites (tertiary alicyclic amines) is 1.